The summed E-state index contributed by atoms with van der Waals surface area (Å²) in [5.74, 6) is -0.795. The Morgan fingerprint density at radius 1 is 1.00 bits per heavy atom. The summed E-state index contributed by atoms with van der Waals surface area (Å²) in [6.45, 7) is 2.38. The molecule has 150 valence electrons. The van der Waals surface area contributed by atoms with Crippen LogP contribution in [0.5, 0.6) is 0 Å². The second-order valence-corrected chi connectivity index (χ2v) is 6.88. The van der Waals surface area contributed by atoms with E-state index in [9.17, 15) is 9.59 Å². The molecule has 7 heteroatoms. The Morgan fingerprint density at radius 2 is 1.77 bits per heavy atom. The minimum absolute atomic E-state index is 0.299. The van der Waals surface area contributed by atoms with Crippen LogP contribution in [0.1, 0.15) is 31.8 Å². The molecule has 0 spiro atoms. The van der Waals surface area contributed by atoms with Crippen LogP contribution in [0.25, 0.3) is 11.0 Å². The first-order valence-corrected chi connectivity index (χ1v) is 9.43. The first kappa shape index (κ1) is 19.3. The maximum atomic E-state index is 12.7. The number of benzene rings is 3. The van der Waals surface area contributed by atoms with Gasteiger partial charge in [0.05, 0.1) is 30.4 Å². The molecule has 0 aliphatic heterocycles. The van der Waals surface area contributed by atoms with Crippen LogP contribution in [0.3, 0.4) is 0 Å². The molecule has 7 nitrogen and oxygen atoms in total. The van der Waals surface area contributed by atoms with Gasteiger partial charge in [-0.2, -0.15) is 0 Å². The standard InChI is InChI=1S/C23H20N4O3/c1-15-6-5-7-18(23(29)30-2)21(15)24-22(28)17-12-10-16(11-13-17)14-27-20-9-4-3-8-19(20)25-26-27/h3-13H,14H2,1-2H3,(H,24,28). The molecule has 0 atom stereocenters. The molecule has 0 radical (unpaired) electrons. The Labute approximate surface area is 173 Å². The number of hydrogen-bond acceptors (Lipinski definition) is 5. The second-order valence-electron chi connectivity index (χ2n) is 6.88. The van der Waals surface area contributed by atoms with Gasteiger partial charge in [0.1, 0.15) is 5.52 Å². The van der Waals surface area contributed by atoms with Crippen LogP contribution in [0.15, 0.2) is 66.7 Å². The Morgan fingerprint density at radius 3 is 2.53 bits per heavy atom. The lowest BCUT2D eigenvalue weighted by atomic mass is 10.1. The molecule has 1 amide bonds. The lowest BCUT2D eigenvalue weighted by molar-refractivity contribution is 0.0602. The van der Waals surface area contributed by atoms with Gasteiger partial charge in [0.2, 0.25) is 0 Å². The van der Waals surface area contributed by atoms with Crippen molar-refractivity contribution in [1.29, 1.82) is 0 Å². The average Bonchev–Trinajstić information content (AvgIpc) is 3.18. The fourth-order valence-corrected chi connectivity index (χ4v) is 3.27. The number of nitrogens with one attached hydrogen (secondary N) is 1. The van der Waals surface area contributed by atoms with E-state index in [1.54, 1.807) is 24.3 Å². The van der Waals surface area contributed by atoms with Crippen molar-refractivity contribution >= 4 is 28.6 Å². The topological polar surface area (TPSA) is 86.1 Å². The molecule has 0 saturated heterocycles. The number of hydrogen-bond donors (Lipinski definition) is 1. The zero-order chi connectivity index (χ0) is 21.1. The Kier molecular flexibility index (Phi) is 5.26. The highest BCUT2D eigenvalue weighted by molar-refractivity contribution is 6.08. The number of methoxy groups -OCH3 is 1. The predicted octanol–water partition coefficient (Wildman–Crippen LogP) is 3.83. The van der Waals surface area contributed by atoms with Gasteiger partial charge in [0.25, 0.3) is 5.91 Å². The molecule has 1 heterocycles. The van der Waals surface area contributed by atoms with Crippen molar-refractivity contribution in [2.24, 2.45) is 0 Å². The van der Waals surface area contributed by atoms with Gasteiger partial charge in [0.15, 0.2) is 0 Å². The van der Waals surface area contributed by atoms with Crippen LogP contribution in [0.4, 0.5) is 5.69 Å². The molecule has 0 fully saturated rings. The quantitative estimate of drug-likeness (QED) is 0.515. The van der Waals surface area contributed by atoms with Crippen LogP contribution >= 0.6 is 0 Å². The summed E-state index contributed by atoms with van der Waals surface area (Å²) in [4.78, 5) is 24.7. The highest BCUT2D eigenvalue weighted by Gasteiger charge is 2.16. The molecule has 4 aromatic rings. The van der Waals surface area contributed by atoms with E-state index >= 15 is 0 Å². The summed E-state index contributed by atoms with van der Waals surface area (Å²) >= 11 is 0. The zero-order valence-corrected chi connectivity index (χ0v) is 16.6. The van der Waals surface area contributed by atoms with Gasteiger partial charge in [0, 0.05) is 5.56 Å². The summed E-state index contributed by atoms with van der Waals surface area (Å²) in [7, 11) is 1.31. The van der Waals surface area contributed by atoms with Gasteiger partial charge in [-0.05, 0) is 48.4 Å². The SMILES string of the molecule is COC(=O)c1cccc(C)c1NC(=O)c1ccc(Cn2nnc3ccccc32)cc1. The molecule has 1 N–H and O–H groups in total. The molecule has 3 aromatic carbocycles. The number of rotatable bonds is 5. The van der Waals surface area contributed by atoms with Crippen molar-refractivity contribution in [3.63, 3.8) is 0 Å². The van der Waals surface area contributed by atoms with Gasteiger partial charge in [-0.15, -0.1) is 5.10 Å². The number of nitrogens with zero attached hydrogens (tertiary/aromatic N) is 3. The van der Waals surface area contributed by atoms with Crippen molar-refractivity contribution < 1.29 is 14.3 Å². The smallest absolute Gasteiger partial charge is 0.339 e. The van der Waals surface area contributed by atoms with Crippen molar-refractivity contribution in [1.82, 2.24) is 15.0 Å². The van der Waals surface area contributed by atoms with Gasteiger partial charge < -0.3 is 10.1 Å². The third kappa shape index (κ3) is 3.77. The number of aromatic nitrogens is 3. The van der Waals surface area contributed by atoms with E-state index in [0.717, 1.165) is 22.2 Å². The lowest BCUT2D eigenvalue weighted by Gasteiger charge is -2.13. The Hall–Kier alpha value is -4.00. The van der Waals surface area contributed by atoms with Crippen molar-refractivity contribution in [3.05, 3.63) is 89.0 Å². The molecule has 0 bridgehead atoms. The van der Waals surface area contributed by atoms with Crippen molar-refractivity contribution in [2.45, 2.75) is 13.5 Å². The van der Waals surface area contributed by atoms with Crippen molar-refractivity contribution in [2.75, 3.05) is 12.4 Å². The molecule has 1 aromatic heterocycles. The number of carbonyl (C=O) groups is 2. The summed E-state index contributed by atoms with van der Waals surface area (Å²) in [6.07, 6.45) is 0. The molecule has 0 unspecified atom stereocenters. The van der Waals surface area contributed by atoms with Gasteiger partial charge in [-0.3, -0.25) is 4.79 Å². The maximum absolute atomic E-state index is 12.7. The number of anilines is 1. The first-order chi connectivity index (χ1) is 14.6. The molecular formula is C23H20N4O3. The van der Waals surface area contributed by atoms with E-state index in [-0.39, 0.29) is 5.91 Å². The lowest BCUT2D eigenvalue weighted by Crippen LogP contribution is -2.16. The van der Waals surface area contributed by atoms with Crippen LogP contribution in [0, 0.1) is 6.92 Å². The van der Waals surface area contributed by atoms with E-state index in [2.05, 4.69) is 15.6 Å². The number of ether oxygens (including phenoxy) is 1. The monoisotopic (exact) mass is 400 g/mol. The van der Waals surface area contributed by atoms with Crippen molar-refractivity contribution in [3.8, 4) is 0 Å². The van der Waals surface area contributed by atoms with Crippen LogP contribution in [-0.4, -0.2) is 34.0 Å². The summed E-state index contributed by atoms with van der Waals surface area (Å²) in [5.41, 5.74) is 4.82. The molecule has 4 rings (SSSR count). The minimum atomic E-state index is -0.496. The van der Waals surface area contributed by atoms with Gasteiger partial charge >= 0.3 is 5.97 Å². The second kappa shape index (κ2) is 8.16. The highest BCUT2D eigenvalue weighted by atomic mass is 16.5. The van der Waals surface area contributed by atoms with Crippen LogP contribution in [-0.2, 0) is 11.3 Å². The zero-order valence-electron chi connectivity index (χ0n) is 16.6. The van der Waals surface area contributed by atoms with Gasteiger partial charge in [-0.25, -0.2) is 9.48 Å². The Bertz CT molecular complexity index is 1230. The van der Waals surface area contributed by atoms with Crippen LogP contribution < -0.4 is 5.32 Å². The number of amides is 1. The largest absolute Gasteiger partial charge is 0.465 e. The fraction of sp³-hybridized carbons (Fsp3) is 0.130. The van der Waals surface area contributed by atoms with E-state index in [1.165, 1.54) is 7.11 Å². The number of aryl methyl sites for hydroxylation is 1. The summed E-state index contributed by atoms with van der Waals surface area (Å²) in [6, 6.07) is 20.2. The highest BCUT2D eigenvalue weighted by Crippen LogP contribution is 2.22. The Balaban J connectivity index is 1.52. The third-order valence-corrected chi connectivity index (χ3v) is 4.89. The summed E-state index contributed by atoms with van der Waals surface area (Å²) < 4.78 is 6.63. The predicted molar refractivity (Wildman–Crippen MR) is 114 cm³/mol. The average molecular weight is 400 g/mol. The molecule has 30 heavy (non-hydrogen) atoms. The normalized spacial score (nSPS) is 10.7. The summed E-state index contributed by atoms with van der Waals surface area (Å²) in [5, 5.41) is 11.2. The first-order valence-electron chi connectivity index (χ1n) is 9.43. The molecule has 0 aliphatic rings. The molecule has 0 aliphatic carbocycles. The molecular weight excluding hydrogens is 380 g/mol. The van der Waals surface area contributed by atoms with E-state index < -0.39 is 5.97 Å². The van der Waals surface area contributed by atoms with Gasteiger partial charge in [-0.1, -0.05) is 41.6 Å². The minimum Gasteiger partial charge on any atom is -0.465 e. The van der Waals surface area contributed by atoms with E-state index in [1.807, 2.05) is 54.1 Å². The third-order valence-electron chi connectivity index (χ3n) is 4.89. The van der Waals surface area contributed by atoms with E-state index in [0.29, 0.717) is 23.4 Å². The fourth-order valence-electron chi connectivity index (χ4n) is 3.27. The number of para-hydroxylation sites is 2. The van der Waals surface area contributed by atoms with Crippen LogP contribution in [0.2, 0.25) is 0 Å². The molecule has 0 saturated carbocycles. The van der Waals surface area contributed by atoms with E-state index in [4.69, 9.17) is 4.74 Å². The maximum Gasteiger partial charge on any atom is 0.339 e. The number of fused-ring (bicyclic) bond motifs is 1. The number of carbonyl (C=O) groups excluding carboxylic acids is 2. The number of esters is 1.